The monoisotopic (exact) mass is 330 g/mol. The number of benzene rings is 1. The fourth-order valence-electron chi connectivity index (χ4n) is 2.28. The normalized spacial score (nSPS) is 11.5. The second kappa shape index (κ2) is 7.45. The van der Waals surface area contributed by atoms with Gasteiger partial charge in [0.1, 0.15) is 5.75 Å². The van der Waals surface area contributed by atoms with Crippen molar-refractivity contribution in [3.63, 3.8) is 0 Å². The number of carbonyl (C=O) groups is 2. The smallest absolute Gasteiger partial charge is 0.333 e. The number of ether oxygens (including phenoxy) is 2. The van der Waals surface area contributed by atoms with Crippen LogP contribution in [-0.4, -0.2) is 43.0 Å². The number of H-pyrrole nitrogens is 1. The lowest BCUT2D eigenvalue weighted by atomic mass is 10.0. The molecule has 2 aromatic rings. The Kier molecular flexibility index (Phi) is 5.36. The molecule has 1 aromatic heterocycles. The van der Waals surface area contributed by atoms with Crippen molar-refractivity contribution in [1.29, 1.82) is 0 Å². The van der Waals surface area contributed by atoms with E-state index < -0.39 is 17.9 Å². The Morgan fingerprint density at radius 2 is 1.75 bits per heavy atom. The molecule has 2 rings (SSSR count). The summed E-state index contributed by atoms with van der Waals surface area (Å²) in [5, 5.41) is 0. The fraction of sp³-hybridized carbons (Fsp3) is 0.235. The van der Waals surface area contributed by atoms with E-state index in [0.717, 1.165) is 0 Å². The zero-order valence-electron chi connectivity index (χ0n) is 13.6. The second-order valence-corrected chi connectivity index (χ2v) is 5.06. The number of pyridine rings is 1. The number of esters is 1. The maximum atomic E-state index is 12.6. The first-order valence-corrected chi connectivity index (χ1v) is 7.15. The SMILES string of the molecule is COC(=O)[C@@H](c1ccc(OC)cc1)N(C)C(=O)c1ccc(=O)[nH]c1. The Morgan fingerprint density at radius 3 is 2.25 bits per heavy atom. The number of nitrogens with one attached hydrogen (secondary N) is 1. The van der Waals surface area contributed by atoms with E-state index in [1.54, 1.807) is 31.4 Å². The third-order valence-corrected chi connectivity index (χ3v) is 3.59. The van der Waals surface area contributed by atoms with Gasteiger partial charge in [-0.2, -0.15) is 0 Å². The molecule has 0 fully saturated rings. The summed E-state index contributed by atoms with van der Waals surface area (Å²) in [6, 6.07) is 8.52. The van der Waals surface area contributed by atoms with Crippen LogP contribution >= 0.6 is 0 Å². The molecule has 0 saturated heterocycles. The predicted octanol–water partition coefficient (Wildman–Crippen LogP) is 1.37. The first kappa shape index (κ1) is 17.3. The summed E-state index contributed by atoms with van der Waals surface area (Å²) in [7, 11) is 4.30. The highest BCUT2D eigenvalue weighted by Crippen LogP contribution is 2.24. The summed E-state index contributed by atoms with van der Waals surface area (Å²) in [5.41, 5.74) is 0.538. The average molecular weight is 330 g/mol. The number of rotatable bonds is 5. The van der Waals surface area contributed by atoms with Crippen LogP contribution in [0.4, 0.5) is 0 Å². The van der Waals surface area contributed by atoms with E-state index >= 15 is 0 Å². The largest absolute Gasteiger partial charge is 0.497 e. The molecule has 1 heterocycles. The fourth-order valence-corrected chi connectivity index (χ4v) is 2.28. The zero-order chi connectivity index (χ0) is 17.7. The van der Waals surface area contributed by atoms with Crippen molar-refractivity contribution in [2.75, 3.05) is 21.3 Å². The third kappa shape index (κ3) is 3.62. The molecule has 0 bridgehead atoms. The lowest BCUT2D eigenvalue weighted by molar-refractivity contribution is -0.145. The van der Waals surface area contributed by atoms with Gasteiger partial charge in [-0.1, -0.05) is 12.1 Å². The topological polar surface area (TPSA) is 88.7 Å². The van der Waals surface area contributed by atoms with E-state index in [2.05, 4.69) is 4.98 Å². The first-order valence-electron chi connectivity index (χ1n) is 7.15. The summed E-state index contributed by atoms with van der Waals surface area (Å²) in [6.07, 6.45) is 1.31. The van der Waals surface area contributed by atoms with E-state index in [1.165, 1.54) is 37.4 Å². The lowest BCUT2D eigenvalue weighted by Crippen LogP contribution is -2.36. The maximum absolute atomic E-state index is 12.6. The van der Waals surface area contributed by atoms with Crippen molar-refractivity contribution in [3.8, 4) is 5.75 Å². The van der Waals surface area contributed by atoms with Crippen LogP contribution < -0.4 is 10.3 Å². The summed E-state index contributed by atoms with van der Waals surface area (Å²) in [4.78, 5) is 39.6. The van der Waals surface area contributed by atoms with E-state index in [1.807, 2.05) is 0 Å². The Balaban J connectivity index is 2.35. The summed E-state index contributed by atoms with van der Waals surface area (Å²) >= 11 is 0. The number of nitrogens with zero attached hydrogens (tertiary/aromatic N) is 1. The minimum atomic E-state index is -0.916. The summed E-state index contributed by atoms with van der Waals surface area (Å²) in [5.74, 6) is -0.352. The van der Waals surface area contributed by atoms with Crippen LogP contribution in [-0.2, 0) is 9.53 Å². The highest BCUT2D eigenvalue weighted by atomic mass is 16.5. The molecule has 0 radical (unpaired) electrons. The van der Waals surface area contributed by atoms with Crippen molar-refractivity contribution in [2.24, 2.45) is 0 Å². The van der Waals surface area contributed by atoms with Crippen LogP contribution in [0.1, 0.15) is 22.0 Å². The van der Waals surface area contributed by atoms with Crippen LogP contribution in [0.5, 0.6) is 5.75 Å². The second-order valence-electron chi connectivity index (χ2n) is 5.06. The van der Waals surface area contributed by atoms with Gasteiger partial charge >= 0.3 is 5.97 Å². The molecule has 24 heavy (non-hydrogen) atoms. The number of methoxy groups -OCH3 is 2. The lowest BCUT2D eigenvalue weighted by Gasteiger charge is -2.26. The number of carbonyl (C=O) groups excluding carboxylic acids is 2. The third-order valence-electron chi connectivity index (χ3n) is 3.59. The van der Waals surface area contributed by atoms with Crippen LogP contribution in [0.25, 0.3) is 0 Å². The molecule has 1 aromatic carbocycles. The molecule has 0 aliphatic rings. The zero-order valence-corrected chi connectivity index (χ0v) is 13.6. The molecule has 0 saturated carbocycles. The van der Waals surface area contributed by atoms with Gasteiger partial charge in [0.15, 0.2) is 6.04 Å². The van der Waals surface area contributed by atoms with E-state index in [9.17, 15) is 14.4 Å². The van der Waals surface area contributed by atoms with Crippen molar-refractivity contribution in [3.05, 3.63) is 64.1 Å². The molecule has 0 aliphatic heterocycles. The van der Waals surface area contributed by atoms with Gasteiger partial charge in [0, 0.05) is 19.3 Å². The Morgan fingerprint density at radius 1 is 1.08 bits per heavy atom. The minimum absolute atomic E-state index is 0.263. The van der Waals surface area contributed by atoms with Gasteiger partial charge in [0.05, 0.1) is 19.8 Å². The standard InChI is InChI=1S/C17H18N2O5/c1-19(16(21)12-6-9-14(20)18-10-12)15(17(22)24-3)11-4-7-13(23-2)8-5-11/h4-10,15H,1-3H3,(H,18,20)/t15-/m1/s1. The molecular formula is C17H18N2O5. The van der Waals surface area contributed by atoms with Gasteiger partial charge in [0.2, 0.25) is 5.56 Å². The van der Waals surface area contributed by atoms with Gasteiger partial charge < -0.3 is 19.4 Å². The highest BCUT2D eigenvalue weighted by Gasteiger charge is 2.30. The van der Waals surface area contributed by atoms with Crippen LogP contribution in [0, 0.1) is 0 Å². The molecule has 7 heteroatoms. The average Bonchev–Trinajstić information content (AvgIpc) is 2.62. The molecular weight excluding hydrogens is 312 g/mol. The number of aromatic amines is 1. The van der Waals surface area contributed by atoms with E-state index in [-0.39, 0.29) is 11.1 Å². The number of amides is 1. The van der Waals surface area contributed by atoms with Gasteiger partial charge in [0.25, 0.3) is 5.91 Å². The van der Waals surface area contributed by atoms with Crippen LogP contribution in [0.3, 0.4) is 0 Å². The maximum Gasteiger partial charge on any atom is 0.333 e. The van der Waals surface area contributed by atoms with Crippen molar-refractivity contribution in [2.45, 2.75) is 6.04 Å². The number of likely N-dealkylation sites (N-methyl/N-ethyl adjacent to an activating group) is 1. The highest BCUT2D eigenvalue weighted by molar-refractivity contribution is 5.96. The molecule has 1 atom stereocenters. The van der Waals surface area contributed by atoms with Crippen molar-refractivity contribution in [1.82, 2.24) is 9.88 Å². The summed E-state index contributed by atoms with van der Waals surface area (Å²) in [6.45, 7) is 0. The van der Waals surface area contributed by atoms with Gasteiger partial charge in [-0.05, 0) is 23.8 Å². The first-order chi connectivity index (χ1) is 11.5. The molecule has 7 nitrogen and oxygen atoms in total. The quantitative estimate of drug-likeness (QED) is 0.837. The Labute approximate surface area is 138 Å². The van der Waals surface area contributed by atoms with Crippen LogP contribution in [0.15, 0.2) is 47.4 Å². The van der Waals surface area contributed by atoms with Crippen molar-refractivity contribution < 1.29 is 19.1 Å². The Hall–Kier alpha value is -3.09. The van der Waals surface area contributed by atoms with E-state index in [0.29, 0.717) is 11.3 Å². The number of hydrogen-bond acceptors (Lipinski definition) is 5. The Bertz CT molecular complexity index is 762. The predicted molar refractivity (Wildman–Crippen MR) is 86.9 cm³/mol. The van der Waals surface area contributed by atoms with Gasteiger partial charge in [-0.3, -0.25) is 9.59 Å². The molecule has 126 valence electrons. The molecule has 0 aliphatic carbocycles. The summed E-state index contributed by atoms with van der Waals surface area (Å²) < 4.78 is 9.92. The number of hydrogen-bond donors (Lipinski definition) is 1. The molecule has 0 unspecified atom stereocenters. The number of aromatic nitrogens is 1. The van der Waals surface area contributed by atoms with Crippen molar-refractivity contribution >= 4 is 11.9 Å². The van der Waals surface area contributed by atoms with Crippen LogP contribution in [0.2, 0.25) is 0 Å². The van der Waals surface area contributed by atoms with E-state index in [4.69, 9.17) is 9.47 Å². The molecule has 1 N–H and O–H groups in total. The minimum Gasteiger partial charge on any atom is -0.497 e. The van der Waals surface area contributed by atoms with Gasteiger partial charge in [-0.15, -0.1) is 0 Å². The molecule has 1 amide bonds. The van der Waals surface area contributed by atoms with Gasteiger partial charge in [-0.25, -0.2) is 4.79 Å². The molecule has 0 spiro atoms.